The molecule has 3 heterocycles. The molecule has 0 N–H and O–H groups in total. The lowest BCUT2D eigenvalue weighted by Gasteiger charge is -2.34. The van der Waals surface area contributed by atoms with E-state index >= 15 is 0 Å². The Bertz CT molecular complexity index is 1210. The van der Waals surface area contributed by atoms with Gasteiger partial charge in [-0.1, -0.05) is 12.1 Å². The highest BCUT2D eigenvalue weighted by Gasteiger charge is 2.30. The van der Waals surface area contributed by atoms with E-state index in [9.17, 15) is 3.89 Å². The van der Waals surface area contributed by atoms with Crippen molar-refractivity contribution in [3.05, 3.63) is 60.7 Å². The average molecular weight is 457 g/mol. The first-order valence-electron chi connectivity index (χ1n) is 9.87. The van der Waals surface area contributed by atoms with Crippen molar-refractivity contribution in [2.75, 3.05) is 10.8 Å². The van der Waals surface area contributed by atoms with Gasteiger partial charge in [-0.2, -0.15) is 10.2 Å². The molecule has 1 fully saturated rings. The van der Waals surface area contributed by atoms with E-state index in [1.165, 1.54) is 21.2 Å². The molecular weight excluding hydrogens is 435 g/mol. The van der Waals surface area contributed by atoms with E-state index in [2.05, 4.69) is 27.3 Å². The van der Waals surface area contributed by atoms with Gasteiger partial charge in [-0.05, 0) is 42.5 Å². The van der Waals surface area contributed by atoms with Crippen molar-refractivity contribution in [2.24, 2.45) is 7.05 Å². The van der Waals surface area contributed by atoms with Crippen LogP contribution in [0.4, 0.5) is 9.57 Å². The molecule has 160 valence electrons. The predicted molar refractivity (Wildman–Crippen MR) is 122 cm³/mol. The van der Waals surface area contributed by atoms with Crippen LogP contribution in [0.5, 0.6) is 0 Å². The van der Waals surface area contributed by atoms with Crippen molar-refractivity contribution in [1.82, 2.24) is 24.5 Å². The second kappa shape index (κ2) is 8.52. The Morgan fingerprint density at radius 2 is 2.06 bits per heavy atom. The number of anilines is 1. The van der Waals surface area contributed by atoms with Gasteiger partial charge in [0.1, 0.15) is 0 Å². The van der Waals surface area contributed by atoms with Crippen LogP contribution in [0, 0.1) is 0 Å². The SMILES string of the molecule is COC1CC(c2ccnc(-n3cc(SN(SF)c4cccc5cnn(C)c45)cn3)c2)C1. The van der Waals surface area contributed by atoms with Gasteiger partial charge < -0.3 is 4.74 Å². The molecule has 3 aromatic heterocycles. The number of halogens is 1. The topological polar surface area (TPSA) is 61.0 Å². The van der Waals surface area contributed by atoms with E-state index < -0.39 is 0 Å². The van der Waals surface area contributed by atoms with Crippen molar-refractivity contribution in [3.8, 4) is 5.82 Å². The Kier molecular flexibility index (Phi) is 5.59. The molecule has 0 unspecified atom stereocenters. The van der Waals surface area contributed by atoms with Crippen molar-refractivity contribution >= 4 is 40.9 Å². The molecular formula is C21H21FN6OS2. The van der Waals surface area contributed by atoms with E-state index in [0.717, 1.165) is 40.1 Å². The van der Waals surface area contributed by atoms with E-state index in [0.29, 0.717) is 12.0 Å². The summed E-state index contributed by atoms with van der Waals surface area (Å²) in [6.07, 6.45) is 9.58. The fourth-order valence-electron chi connectivity index (χ4n) is 3.88. The Balaban J connectivity index is 1.36. The summed E-state index contributed by atoms with van der Waals surface area (Å²) in [4.78, 5) is 5.27. The molecule has 31 heavy (non-hydrogen) atoms. The largest absolute Gasteiger partial charge is 0.381 e. The van der Waals surface area contributed by atoms with Crippen molar-refractivity contribution in [2.45, 2.75) is 29.8 Å². The number of rotatable bonds is 7. The summed E-state index contributed by atoms with van der Waals surface area (Å²) in [6, 6.07) is 9.86. The summed E-state index contributed by atoms with van der Waals surface area (Å²) in [6.45, 7) is 0. The standard InChI is InChI=1S/C21H21FN6OS2/c1-26-21-15(11-24-26)4-3-5-19(21)28(31-22)30-18-12-25-27(13-18)20-10-14(6-7-23-20)16-8-17(9-16)29-2/h3-7,10-13,16-17H,8-9H2,1-2H3. The molecule has 0 spiro atoms. The van der Waals surface area contributed by atoms with Crippen LogP contribution in [-0.4, -0.2) is 37.8 Å². The maximum Gasteiger partial charge on any atom is 0.176 e. The summed E-state index contributed by atoms with van der Waals surface area (Å²) in [5, 5.41) is 9.69. The molecule has 7 nitrogen and oxygen atoms in total. The Labute approximate surface area is 188 Å². The average Bonchev–Trinajstić information content (AvgIpc) is 3.39. The number of hydrogen-bond acceptors (Lipinski definition) is 7. The van der Waals surface area contributed by atoms with Gasteiger partial charge in [-0.15, -0.1) is 3.89 Å². The number of hydrogen-bond donors (Lipinski definition) is 0. The van der Waals surface area contributed by atoms with Crippen LogP contribution in [0.25, 0.3) is 16.7 Å². The Hall–Kier alpha value is -2.56. The second-order valence-corrected chi connectivity index (χ2v) is 9.25. The molecule has 0 aliphatic heterocycles. The molecule has 1 saturated carbocycles. The summed E-state index contributed by atoms with van der Waals surface area (Å²) >= 11 is 1.43. The number of ether oxygens (including phenoxy) is 1. The third kappa shape index (κ3) is 3.90. The lowest BCUT2D eigenvalue weighted by Crippen LogP contribution is -2.28. The summed E-state index contributed by atoms with van der Waals surface area (Å²) in [5.41, 5.74) is 2.85. The van der Waals surface area contributed by atoms with Crippen LogP contribution in [0.3, 0.4) is 0 Å². The molecule has 0 atom stereocenters. The number of nitrogens with zero attached hydrogens (tertiary/aromatic N) is 6. The first-order chi connectivity index (χ1) is 15.2. The second-order valence-electron chi connectivity index (χ2n) is 7.49. The van der Waals surface area contributed by atoms with E-state index in [1.807, 2.05) is 37.6 Å². The van der Waals surface area contributed by atoms with E-state index in [4.69, 9.17) is 4.74 Å². The summed E-state index contributed by atoms with van der Waals surface area (Å²) < 4.78 is 24.3. The minimum atomic E-state index is 0.160. The van der Waals surface area contributed by atoms with Gasteiger partial charge in [-0.25, -0.2) is 13.4 Å². The first-order valence-corrected chi connectivity index (χ1v) is 11.3. The third-order valence-corrected chi connectivity index (χ3v) is 7.15. The zero-order valence-electron chi connectivity index (χ0n) is 17.1. The van der Waals surface area contributed by atoms with Crippen LogP contribution < -0.4 is 3.71 Å². The van der Waals surface area contributed by atoms with Crippen LogP contribution >= 0.6 is 24.3 Å². The van der Waals surface area contributed by atoms with E-state index in [1.54, 1.807) is 28.9 Å². The summed E-state index contributed by atoms with van der Waals surface area (Å²) in [7, 11) is 3.61. The lowest BCUT2D eigenvalue weighted by atomic mass is 9.78. The fraction of sp³-hybridized carbons (Fsp3) is 0.286. The van der Waals surface area contributed by atoms with Gasteiger partial charge in [0.05, 0.1) is 34.6 Å². The van der Waals surface area contributed by atoms with Crippen molar-refractivity contribution in [1.29, 1.82) is 0 Å². The van der Waals surface area contributed by atoms with Crippen molar-refractivity contribution < 1.29 is 8.62 Å². The van der Waals surface area contributed by atoms with Gasteiger partial charge in [0.2, 0.25) is 0 Å². The zero-order chi connectivity index (χ0) is 21.4. The lowest BCUT2D eigenvalue weighted by molar-refractivity contribution is 0.0257. The number of benzene rings is 1. The molecule has 0 radical (unpaired) electrons. The van der Waals surface area contributed by atoms with Crippen LogP contribution in [0.2, 0.25) is 0 Å². The first kappa shape index (κ1) is 20.3. The molecule has 1 aliphatic rings. The number of aryl methyl sites for hydroxylation is 1. The molecule has 1 aromatic carbocycles. The highest BCUT2D eigenvalue weighted by atomic mass is 32.2. The number of pyridine rings is 1. The highest BCUT2D eigenvalue weighted by Crippen LogP contribution is 2.40. The number of fused-ring (bicyclic) bond motifs is 1. The predicted octanol–water partition coefficient (Wildman–Crippen LogP) is 5.09. The van der Waals surface area contributed by atoms with Gasteiger partial charge in [0.15, 0.2) is 18.2 Å². The highest BCUT2D eigenvalue weighted by molar-refractivity contribution is 8.16. The minimum Gasteiger partial charge on any atom is -0.381 e. The molecule has 4 aromatic rings. The van der Waals surface area contributed by atoms with Gasteiger partial charge in [0, 0.05) is 43.9 Å². The smallest absolute Gasteiger partial charge is 0.176 e. The van der Waals surface area contributed by atoms with Gasteiger partial charge >= 0.3 is 0 Å². The number of aromatic nitrogens is 5. The minimum absolute atomic E-state index is 0.160. The van der Waals surface area contributed by atoms with Crippen LogP contribution in [0.1, 0.15) is 24.3 Å². The normalized spacial score (nSPS) is 18.3. The molecule has 0 amide bonds. The molecule has 5 rings (SSSR count). The van der Waals surface area contributed by atoms with E-state index in [-0.39, 0.29) is 12.3 Å². The van der Waals surface area contributed by atoms with Crippen LogP contribution in [0.15, 0.2) is 60.0 Å². The quantitative estimate of drug-likeness (QED) is 0.359. The van der Waals surface area contributed by atoms with Gasteiger partial charge in [-0.3, -0.25) is 4.68 Å². The molecule has 10 heteroatoms. The zero-order valence-corrected chi connectivity index (χ0v) is 18.7. The van der Waals surface area contributed by atoms with Crippen LogP contribution in [-0.2, 0) is 11.8 Å². The Morgan fingerprint density at radius 1 is 1.19 bits per heavy atom. The maximum absolute atomic E-state index is 13.9. The monoisotopic (exact) mass is 456 g/mol. The number of methoxy groups -OCH3 is 1. The Morgan fingerprint density at radius 3 is 2.87 bits per heavy atom. The van der Waals surface area contributed by atoms with Gasteiger partial charge in [0.25, 0.3) is 0 Å². The van der Waals surface area contributed by atoms with Crippen molar-refractivity contribution in [3.63, 3.8) is 0 Å². The fourth-order valence-corrected chi connectivity index (χ4v) is 5.15. The molecule has 0 bridgehead atoms. The summed E-state index contributed by atoms with van der Waals surface area (Å²) in [5.74, 6) is 1.24. The number of para-hydroxylation sites is 1. The molecule has 1 aliphatic carbocycles. The third-order valence-electron chi connectivity index (χ3n) is 5.65. The maximum atomic E-state index is 13.9. The molecule has 0 saturated heterocycles.